The third kappa shape index (κ3) is 5.72. The van der Waals surface area contributed by atoms with Crippen molar-refractivity contribution >= 4 is 40.5 Å². The molecule has 1 amide bonds. The number of morpholine rings is 1. The van der Waals surface area contributed by atoms with E-state index in [-0.39, 0.29) is 22.9 Å². The molecular weight excluding hydrogens is 450 g/mol. The Kier molecular flexibility index (Phi) is 7.16. The number of carboxylic acids is 1. The number of nitrogens with zero attached hydrogens (tertiary/aromatic N) is 2. The van der Waals surface area contributed by atoms with Crippen molar-refractivity contribution in [2.75, 3.05) is 31.6 Å². The van der Waals surface area contributed by atoms with Gasteiger partial charge in [-0.1, -0.05) is 35.9 Å². The van der Waals surface area contributed by atoms with Gasteiger partial charge in [-0.05, 0) is 23.8 Å². The van der Waals surface area contributed by atoms with Gasteiger partial charge in [0.25, 0.3) is 0 Å². The number of aromatic nitrogens is 1. The smallest absolute Gasteiger partial charge is 0.337 e. The number of thiazole rings is 1. The lowest BCUT2D eigenvalue weighted by Gasteiger charge is -2.26. The number of rotatable bonds is 7. The molecule has 4 rings (SSSR count). The van der Waals surface area contributed by atoms with Crippen LogP contribution in [-0.4, -0.2) is 53.2 Å². The van der Waals surface area contributed by atoms with Gasteiger partial charge in [-0.3, -0.25) is 9.69 Å². The molecule has 0 unspecified atom stereocenters. The summed E-state index contributed by atoms with van der Waals surface area (Å²) in [6.45, 7) is 4.38. The van der Waals surface area contributed by atoms with Crippen LogP contribution < -0.4 is 5.32 Å². The Morgan fingerprint density at radius 2 is 1.91 bits per heavy atom. The van der Waals surface area contributed by atoms with Crippen LogP contribution in [0.5, 0.6) is 0 Å². The fraction of sp³-hybridized carbons (Fsp3) is 0.261. The maximum absolute atomic E-state index is 12.4. The fourth-order valence-electron chi connectivity index (χ4n) is 3.43. The predicted octanol–water partition coefficient (Wildman–Crippen LogP) is 4.18. The molecule has 3 aromatic rings. The van der Waals surface area contributed by atoms with E-state index >= 15 is 0 Å². The maximum Gasteiger partial charge on any atom is 0.337 e. The lowest BCUT2D eigenvalue weighted by molar-refractivity contribution is -0.115. The second-order valence-electron chi connectivity index (χ2n) is 7.45. The van der Waals surface area contributed by atoms with Gasteiger partial charge in [0.15, 0.2) is 0 Å². The topological polar surface area (TPSA) is 91.8 Å². The van der Waals surface area contributed by atoms with Gasteiger partial charge >= 0.3 is 5.97 Å². The number of hydrogen-bond acceptors (Lipinski definition) is 6. The lowest BCUT2D eigenvalue weighted by atomic mass is 10.1. The average molecular weight is 472 g/mol. The summed E-state index contributed by atoms with van der Waals surface area (Å²) in [5.41, 5.74) is 3.24. The normalized spacial score (nSPS) is 14.3. The standard InChI is InChI=1S/C23H22ClN3O4S/c24-20-6-5-17(11-19(20)23(29)30)25-21(28)12-18-14-32-22(26-18)16-3-1-15(2-4-16)13-27-7-9-31-10-8-27/h1-6,11,14H,7-10,12-13H2,(H,25,28)(H,29,30). The number of carbonyl (C=O) groups is 2. The van der Waals surface area contributed by atoms with Crippen LogP contribution in [0.25, 0.3) is 10.6 Å². The van der Waals surface area contributed by atoms with E-state index < -0.39 is 5.97 Å². The van der Waals surface area contributed by atoms with Crippen LogP contribution in [0.15, 0.2) is 47.8 Å². The molecule has 0 aliphatic carbocycles. The number of carboxylic acid groups (broad SMARTS) is 1. The van der Waals surface area contributed by atoms with E-state index in [1.807, 2.05) is 5.38 Å². The van der Waals surface area contributed by atoms with Crippen LogP contribution in [0, 0.1) is 0 Å². The first-order valence-corrected chi connectivity index (χ1v) is 11.4. The summed E-state index contributed by atoms with van der Waals surface area (Å²) in [6.07, 6.45) is 0.0939. The van der Waals surface area contributed by atoms with Gasteiger partial charge < -0.3 is 15.2 Å². The first-order valence-electron chi connectivity index (χ1n) is 10.1. The summed E-state index contributed by atoms with van der Waals surface area (Å²) in [6, 6.07) is 12.7. The molecule has 0 saturated carbocycles. The zero-order valence-electron chi connectivity index (χ0n) is 17.2. The van der Waals surface area contributed by atoms with E-state index in [0.717, 1.165) is 43.4 Å². The second-order valence-corrected chi connectivity index (χ2v) is 8.72. The highest BCUT2D eigenvalue weighted by Gasteiger charge is 2.14. The van der Waals surface area contributed by atoms with Crippen LogP contribution in [0.3, 0.4) is 0 Å². The van der Waals surface area contributed by atoms with Gasteiger partial charge in [0.05, 0.1) is 35.9 Å². The minimum absolute atomic E-state index is 0.0579. The number of amides is 1. The second kappa shape index (κ2) is 10.2. The van der Waals surface area contributed by atoms with E-state index in [4.69, 9.17) is 21.4 Å². The molecule has 0 radical (unpaired) electrons. The third-order valence-corrected chi connectivity index (χ3v) is 6.35. The lowest BCUT2D eigenvalue weighted by Crippen LogP contribution is -2.35. The Labute approximate surface area is 194 Å². The molecule has 1 saturated heterocycles. The highest BCUT2D eigenvalue weighted by atomic mass is 35.5. The maximum atomic E-state index is 12.4. The Bertz CT molecular complexity index is 1110. The number of halogens is 1. The minimum Gasteiger partial charge on any atom is -0.478 e. The van der Waals surface area contributed by atoms with Gasteiger partial charge in [-0.25, -0.2) is 9.78 Å². The van der Waals surface area contributed by atoms with E-state index in [1.165, 1.54) is 29.0 Å². The zero-order chi connectivity index (χ0) is 22.5. The predicted molar refractivity (Wildman–Crippen MR) is 124 cm³/mol. The van der Waals surface area contributed by atoms with E-state index in [2.05, 4.69) is 39.5 Å². The SMILES string of the molecule is O=C(Cc1csc(-c2ccc(CN3CCOCC3)cc2)n1)Nc1ccc(Cl)c(C(=O)O)c1. The Morgan fingerprint density at radius 1 is 1.16 bits per heavy atom. The summed E-state index contributed by atoms with van der Waals surface area (Å²) in [4.78, 5) is 30.5. The van der Waals surface area contributed by atoms with Gasteiger partial charge in [0.1, 0.15) is 5.01 Å². The van der Waals surface area contributed by atoms with Crippen LogP contribution >= 0.6 is 22.9 Å². The molecule has 1 fully saturated rings. The third-order valence-electron chi connectivity index (χ3n) is 5.08. The van der Waals surface area contributed by atoms with Crippen LogP contribution in [-0.2, 0) is 22.5 Å². The summed E-state index contributed by atoms with van der Waals surface area (Å²) in [5, 5.41) is 14.7. The number of ether oxygens (including phenoxy) is 1. The average Bonchev–Trinajstić information content (AvgIpc) is 3.24. The van der Waals surface area contributed by atoms with Crippen LogP contribution in [0.1, 0.15) is 21.6 Å². The molecule has 2 heterocycles. The zero-order valence-corrected chi connectivity index (χ0v) is 18.8. The molecule has 9 heteroatoms. The van der Waals surface area contributed by atoms with Crippen LogP contribution in [0.4, 0.5) is 5.69 Å². The summed E-state index contributed by atoms with van der Waals surface area (Å²) >= 11 is 7.35. The van der Waals surface area contributed by atoms with Crippen molar-refractivity contribution < 1.29 is 19.4 Å². The highest BCUT2D eigenvalue weighted by molar-refractivity contribution is 7.13. The minimum atomic E-state index is -1.15. The molecule has 32 heavy (non-hydrogen) atoms. The summed E-state index contributed by atoms with van der Waals surface area (Å²) in [5.74, 6) is -1.42. The summed E-state index contributed by atoms with van der Waals surface area (Å²) < 4.78 is 5.39. The summed E-state index contributed by atoms with van der Waals surface area (Å²) in [7, 11) is 0. The van der Waals surface area contributed by atoms with E-state index in [0.29, 0.717) is 11.4 Å². The first-order chi connectivity index (χ1) is 15.5. The molecule has 0 bridgehead atoms. The first kappa shape index (κ1) is 22.4. The van der Waals surface area contributed by atoms with Gasteiger partial charge in [0, 0.05) is 36.3 Å². The van der Waals surface area contributed by atoms with Crippen molar-refractivity contribution in [2.24, 2.45) is 0 Å². The van der Waals surface area contributed by atoms with Gasteiger partial charge in [0.2, 0.25) is 5.91 Å². The number of hydrogen-bond donors (Lipinski definition) is 2. The van der Waals surface area contributed by atoms with Gasteiger partial charge in [-0.15, -0.1) is 11.3 Å². The van der Waals surface area contributed by atoms with Gasteiger partial charge in [-0.2, -0.15) is 0 Å². The van der Waals surface area contributed by atoms with E-state index in [1.54, 1.807) is 6.07 Å². The Hall–Kier alpha value is -2.78. The number of nitrogens with one attached hydrogen (secondary N) is 1. The molecule has 1 aromatic heterocycles. The number of anilines is 1. The molecule has 1 aliphatic rings. The highest BCUT2D eigenvalue weighted by Crippen LogP contribution is 2.25. The number of aromatic carboxylic acids is 1. The largest absolute Gasteiger partial charge is 0.478 e. The van der Waals surface area contributed by atoms with Crippen molar-refractivity contribution in [3.05, 3.63) is 69.7 Å². The fourth-order valence-corrected chi connectivity index (χ4v) is 4.45. The molecule has 2 aromatic carbocycles. The van der Waals surface area contributed by atoms with E-state index in [9.17, 15) is 9.59 Å². The molecule has 0 atom stereocenters. The number of benzene rings is 2. The molecule has 7 nitrogen and oxygen atoms in total. The molecule has 0 spiro atoms. The van der Waals surface area contributed by atoms with Crippen molar-refractivity contribution in [2.45, 2.75) is 13.0 Å². The quantitative estimate of drug-likeness (QED) is 0.537. The van der Waals surface area contributed by atoms with Crippen LogP contribution in [0.2, 0.25) is 5.02 Å². The van der Waals surface area contributed by atoms with Crippen molar-refractivity contribution in [3.63, 3.8) is 0 Å². The van der Waals surface area contributed by atoms with Crippen molar-refractivity contribution in [1.29, 1.82) is 0 Å². The monoisotopic (exact) mass is 471 g/mol. The molecule has 166 valence electrons. The van der Waals surface area contributed by atoms with Crippen molar-refractivity contribution in [3.8, 4) is 10.6 Å². The molecule has 1 aliphatic heterocycles. The molecular formula is C23H22ClN3O4S. The molecule has 2 N–H and O–H groups in total. The van der Waals surface area contributed by atoms with Crippen molar-refractivity contribution in [1.82, 2.24) is 9.88 Å². The Balaban J connectivity index is 1.35. The number of carbonyl (C=O) groups excluding carboxylic acids is 1. The Morgan fingerprint density at radius 3 is 2.62 bits per heavy atom.